The molecule has 0 unspecified atom stereocenters. The number of rotatable bonds is 3. The van der Waals surface area contributed by atoms with E-state index < -0.39 is 31.8 Å². The molecule has 0 aliphatic heterocycles. The van der Waals surface area contributed by atoms with Gasteiger partial charge in [0.05, 0.1) is 20.8 Å². The summed E-state index contributed by atoms with van der Waals surface area (Å²) in [6.45, 7) is 3.01. The zero-order valence-corrected chi connectivity index (χ0v) is 11.0. The van der Waals surface area contributed by atoms with Crippen LogP contribution in [0.25, 0.3) is 10.8 Å². The Labute approximate surface area is 117 Å². The van der Waals surface area contributed by atoms with Gasteiger partial charge in [0.2, 0.25) is 0 Å². The highest BCUT2D eigenvalue weighted by atomic mass is 16.6. The predicted molar refractivity (Wildman–Crippen MR) is 73.4 cm³/mol. The van der Waals surface area contributed by atoms with Gasteiger partial charge < -0.3 is 0 Å². The Morgan fingerprint density at radius 1 is 0.762 bits per heavy atom. The van der Waals surface area contributed by atoms with E-state index in [0.717, 1.165) is 12.1 Å². The molecule has 0 bridgehead atoms. The fraction of sp³-hybridized carbons (Fsp3) is 0.167. The monoisotopic (exact) mass is 291 g/mol. The van der Waals surface area contributed by atoms with E-state index in [1.807, 2.05) is 0 Å². The number of nitro benzene ring substituents is 3. The van der Waals surface area contributed by atoms with Crippen LogP contribution < -0.4 is 0 Å². The van der Waals surface area contributed by atoms with E-state index >= 15 is 0 Å². The molecule has 0 N–H and O–H groups in total. The molecule has 9 nitrogen and oxygen atoms in total. The zero-order valence-electron chi connectivity index (χ0n) is 11.0. The van der Waals surface area contributed by atoms with Gasteiger partial charge in [-0.2, -0.15) is 0 Å². The zero-order chi connectivity index (χ0) is 15.9. The lowest BCUT2D eigenvalue weighted by atomic mass is 9.96. The molecule has 0 saturated carbocycles. The third-order valence-electron chi connectivity index (χ3n) is 3.27. The highest BCUT2D eigenvalue weighted by Crippen LogP contribution is 2.41. The lowest BCUT2D eigenvalue weighted by Crippen LogP contribution is -2.01. The van der Waals surface area contributed by atoms with Gasteiger partial charge in [-0.05, 0) is 19.4 Å². The molecule has 0 aliphatic carbocycles. The second kappa shape index (κ2) is 4.78. The molecule has 0 atom stereocenters. The van der Waals surface area contributed by atoms with Gasteiger partial charge >= 0.3 is 0 Å². The number of benzene rings is 2. The summed E-state index contributed by atoms with van der Waals surface area (Å²) < 4.78 is 0. The van der Waals surface area contributed by atoms with Gasteiger partial charge in [-0.15, -0.1) is 0 Å². The minimum absolute atomic E-state index is 0.168. The summed E-state index contributed by atoms with van der Waals surface area (Å²) in [5, 5.41) is 33.2. The van der Waals surface area contributed by atoms with Gasteiger partial charge in [0, 0.05) is 17.0 Å². The number of aryl methyl sites for hydroxylation is 2. The minimum atomic E-state index is -0.846. The number of hydrogen-bond donors (Lipinski definition) is 0. The van der Waals surface area contributed by atoms with E-state index in [4.69, 9.17) is 0 Å². The van der Waals surface area contributed by atoms with Gasteiger partial charge in [0.25, 0.3) is 17.1 Å². The SMILES string of the molecule is Cc1ccc([N+](=O)[O-])c2c([N+](=O)[O-])cc([N+](=O)[O-])c(C)c12. The topological polar surface area (TPSA) is 129 Å². The van der Waals surface area contributed by atoms with E-state index in [-0.39, 0.29) is 16.3 Å². The first-order valence-corrected chi connectivity index (χ1v) is 5.75. The molecule has 21 heavy (non-hydrogen) atoms. The third-order valence-corrected chi connectivity index (χ3v) is 3.27. The van der Waals surface area contributed by atoms with Crippen LogP contribution in [0, 0.1) is 44.2 Å². The quantitative estimate of drug-likeness (QED) is 0.630. The van der Waals surface area contributed by atoms with Gasteiger partial charge in [-0.25, -0.2) is 0 Å². The maximum absolute atomic E-state index is 11.1. The van der Waals surface area contributed by atoms with E-state index in [1.165, 1.54) is 13.0 Å². The molecule has 0 heterocycles. The fourth-order valence-corrected chi connectivity index (χ4v) is 2.36. The first-order valence-electron chi connectivity index (χ1n) is 5.75. The van der Waals surface area contributed by atoms with Gasteiger partial charge in [0.1, 0.15) is 5.39 Å². The van der Waals surface area contributed by atoms with Crippen molar-refractivity contribution in [2.75, 3.05) is 0 Å². The third kappa shape index (κ3) is 2.14. The van der Waals surface area contributed by atoms with Crippen LogP contribution in [0.1, 0.15) is 11.1 Å². The van der Waals surface area contributed by atoms with Crippen molar-refractivity contribution in [2.45, 2.75) is 13.8 Å². The largest absolute Gasteiger partial charge is 0.291 e. The van der Waals surface area contributed by atoms with E-state index in [9.17, 15) is 30.3 Å². The van der Waals surface area contributed by atoms with E-state index in [2.05, 4.69) is 0 Å². The maximum Gasteiger partial charge on any atom is 0.291 e. The number of hydrogen-bond acceptors (Lipinski definition) is 6. The Balaban J connectivity index is 3.14. The van der Waals surface area contributed by atoms with Crippen molar-refractivity contribution >= 4 is 27.8 Å². The molecular weight excluding hydrogens is 282 g/mol. The molecule has 0 saturated heterocycles. The molecule has 0 radical (unpaired) electrons. The lowest BCUT2D eigenvalue weighted by Gasteiger charge is -2.08. The summed E-state index contributed by atoms with van der Waals surface area (Å²) in [7, 11) is 0. The van der Waals surface area contributed by atoms with Gasteiger partial charge in [-0.1, -0.05) is 6.07 Å². The highest BCUT2D eigenvalue weighted by Gasteiger charge is 2.29. The first-order chi connectivity index (χ1) is 9.75. The second-order valence-electron chi connectivity index (χ2n) is 4.46. The van der Waals surface area contributed by atoms with Crippen molar-refractivity contribution < 1.29 is 14.8 Å². The van der Waals surface area contributed by atoms with Crippen LogP contribution in [-0.4, -0.2) is 14.8 Å². The first kappa shape index (κ1) is 14.3. The Hall–Kier alpha value is -3.10. The Bertz CT molecular complexity index is 814. The van der Waals surface area contributed by atoms with Crippen LogP contribution in [0.15, 0.2) is 18.2 Å². The molecule has 0 amide bonds. The van der Waals surface area contributed by atoms with Crippen LogP contribution in [0.4, 0.5) is 17.1 Å². The summed E-state index contributed by atoms with van der Waals surface area (Å²) in [5.74, 6) is 0. The molecule has 9 heteroatoms. The average molecular weight is 291 g/mol. The van der Waals surface area contributed by atoms with Crippen LogP contribution in [-0.2, 0) is 0 Å². The number of nitrogens with zero attached hydrogens (tertiary/aromatic N) is 3. The standard InChI is InChI=1S/C12H9N3O6/c1-6-3-4-8(13(16)17)12-10(15(20)21)5-9(14(18)19)7(2)11(6)12/h3-5H,1-2H3. The Kier molecular flexibility index (Phi) is 3.26. The Morgan fingerprint density at radius 3 is 1.76 bits per heavy atom. The molecule has 0 spiro atoms. The van der Waals surface area contributed by atoms with Gasteiger partial charge in [-0.3, -0.25) is 30.3 Å². The molecule has 0 fully saturated rings. The number of nitro groups is 3. The summed E-state index contributed by atoms with van der Waals surface area (Å²) in [6, 6.07) is 3.35. The molecular formula is C12H9N3O6. The molecule has 2 aromatic rings. The number of fused-ring (bicyclic) bond motifs is 1. The van der Waals surface area contributed by atoms with Crippen molar-refractivity contribution in [1.82, 2.24) is 0 Å². The van der Waals surface area contributed by atoms with Crippen molar-refractivity contribution in [3.63, 3.8) is 0 Å². The van der Waals surface area contributed by atoms with E-state index in [0.29, 0.717) is 5.56 Å². The summed E-state index contributed by atoms with van der Waals surface area (Å²) in [4.78, 5) is 30.9. The molecule has 0 aromatic heterocycles. The van der Waals surface area contributed by atoms with Crippen molar-refractivity contribution in [1.29, 1.82) is 0 Å². The second-order valence-corrected chi connectivity index (χ2v) is 4.46. The van der Waals surface area contributed by atoms with Crippen LogP contribution in [0.5, 0.6) is 0 Å². The Morgan fingerprint density at radius 2 is 1.29 bits per heavy atom. The normalized spacial score (nSPS) is 10.6. The van der Waals surface area contributed by atoms with Gasteiger partial charge in [0.15, 0.2) is 0 Å². The minimum Gasteiger partial charge on any atom is -0.258 e. The predicted octanol–water partition coefficient (Wildman–Crippen LogP) is 3.18. The van der Waals surface area contributed by atoms with Crippen molar-refractivity contribution in [3.05, 3.63) is 59.7 Å². The molecule has 2 aromatic carbocycles. The fourth-order valence-electron chi connectivity index (χ4n) is 2.36. The van der Waals surface area contributed by atoms with Crippen LogP contribution in [0.3, 0.4) is 0 Å². The average Bonchev–Trinajstić information content (AvgIpc) is 2.37. The molecule has 0 aliphatic rings. The lowest BCUT2D eigenvalue weighted by molar-refractivity contribution is -0.395. The van der Waals surface area contributed by atoms with Crippen LogP contribution >= 0.6 is 0 Å². The van der Waals surface area contributed by atoms with Crippen molar-refractivity contribution in [2.24, 2.45) is 0 Å². The van der Waals surface area contributed by atoms with Crippen LogP contribution in [0.2, 0.25) is 0 Å². The summed E-state index contributed by atoms with van der Waals surface area (Å²) in [6.07, 6.45) is 0. The molecule has 108 valence electrons. The smallest absolute Gasteiger partial charge is 0.258 e. The maximum atomic E-state index is 11.1. The summed E-state index contributed by atoms with van der Waals surface area (Å²) >= 11 is 0. The summed E-state index contributed by atoms with van der Waals surface area (Å²) in [5.41, 5.74) is -0.850. The molecule has 2 rings (SSSR count). The number of non-ortho nitro benzene ring substituents is 2. The highest BCUT2D eigenvalue weighted by molar-refractivity contribution is 6.03. The van der Waals surface area contributed by atoms with Crippen molar-refractivity contribution in [3.8, 4) is 0 Å². The van der Waals surface area contributed by atoms with E-state index in [1.54, 1.807) is 6.92 Å².